The van der Waals surface area contributed by atoms with Gasteiger partial charge in [-0.1, -0.05) is 26.0 Å². The minimum atomic E-state index is -1.78. The van der Waals surface area contributed by atoms with E-state index in [1.807, 2.05) is 0 Å². The molecule has 1 aromatic carbocycles. The number of rotatable bonds is 32. The van der Waals surface area contributed by atoms with Gasteiger partial charge in [0.15, 0.2) is 0 Å². The highest BCUT2D eigenvalue weighted by molar-refractivity contribution is 7.80. The average molecular weight is 1070 g/mol. The van der Waals surface area contributed by atoms with Crippen LogP contribution in [0.2, 0.25) is 0 Å². The number of benzene rings is 1. The summed E-state index contributed by atoms with van der Waals surface area (Å²) in [5.41, 5.74) is 16.9. The van der Waals surface area contributed by atoms with E-state index in [0.717, 1.165) is 4.90 Å². The Hall–Kier alpha value is -7.56. The van der Waals surface area contributed by atoms with E-state index in [0.29, 0.717) is 12.0 Å². The summed E-state index contributed by atoms with van der Waals surface area (Å²) in [4.78, 5) is 167. The van der Waals surface area contributed by atoms with Gasteiger partial charge in [0, 0.05) is 38.0 Å². The number of carboxylic acids is 3. The van der Waals surface area contributed by atoms with Crippen LogP contribution in [-0.2, 0) is 68.7 Å². The normalized spacial score (nSPS) is 16.3. The molecule has 0 spiro atoms. The SMILES string of the molecule is CC(C)C[C@H](NC(=O)[C@H](CC(=O)O)NC(=O)[C@@H]1CCCN1C(=O)[C@@H](N)CCC(=O)O)C(=O)N[C@@H](C)C(=O)N[C@@H](CCC(N)=O)C(=O)N[C@@H](CS)C(=O)N[C@@H](CCC(N)=O)C(=O)N[C@@H](Cc1ccc(O)cc1)C(=O)O. The van der Waals surface area contributed by atoms with Gasteiger partial charge < -0.3 is 79.7 Å². The highest BCUT2D eigenvalue weighted by atomic mass is 32.1. The van der Waals surface area contributed by atoms with Gasteiger partial charge in [-0.05, 0) is 69.1 Å². The van der Waals surface area contributed by atoms with Crippen molar-refractivity contribution >= 4 is 89.6 Å². The van der Waals surface area contributed by atoms with E-state index in [4.69, 9.17) is 22.3 Å². The molecule has 29 heteroatoms. The smallest absolute Gasteiger partial charge is 0.326 e. The van der Waals surface area contributed by atoms with Crippen molar-refractivity contribution in [3.8, 4) is 5.75 Å². The van der Waals surface area contributed by atoms with Crippen LogP contribution >= 0.6 is 12.6 Å². The Labute approximate surface area is 430 Å². The van der Waals surface area contributed by atoms with Crippen LogP contribution in [0.1, 0.15) is 90.5 Å². The van der Waals surface area contributed by atoms with E-state index in [-0.39, 0.29) is 43.9 Å². The molecule has 17 N–H and O–H groups in total. The van der Waals surface area contributed by atoms with Gasteiger partial charge in [-0.25, -0.2) is 4.79 Å². The van der Waals surface area contributed by atoms with Gasteiger partial charge in [0.05, 0.1) is 12.5 Å². The first-order chi connectivity index (χ1) is 34.6. The first-order valence-electron chi connectivity index (χ1n) is 23.4. The lowest BCUT2D eigenvalue weighted by Gasteiger charge is -2.29. The van der Waals surface area contributed by atoms with E-state index in [1.165, 1.54) is 31.2 Å². The topological polar surface area (TPSA) is 468 Å². The van der Waals surface area contributed by atoms with Crippen molar-refractivity contribution in [1.82, 2.24) is 42.1 Å². The molecule has 2 rings (SSSR count). The Balaban J connectivity index is 2.23. The van der Waals surface area contributed by atoms with Crippen LogP contribution in [0.4, 0.5) is 0 Å². The number of carbonyl (C=O) groups excluding carboxylic acids is 10. The van der Waals surface area contributed by atoms with Crippen molar-refractivity contribution in [1.29, 1.82) is 0 Å². The fourth-order valence-electron chi connectivity index (χ4n) is 7.41. The van der Waals surface area contributed by atoms with Crippen LogP contribution < -0.4 is 54.4 Å². The summed E-state index contributed by atoms with van der Waals surface area (Å²) in [6.45, 7) is 4.63. The maximum Gasteiger partial charge on any atom is 0.326 e. The van der Waals surface area contributed by atoms with Gasteiger partial charge in [-0.2, -0.15) is 12.6 Å². The molecule has 0 radical (unpaired) electrons. The number of amides is 10. The molecule has 410 valence electrons. The third kappa shape index (κ3) is 21.7. The molecule has 1 heterocycles. The maximum absolute atomic E-state index is 13.7. The third-order valence-corrected chi connectivity index (χ3v) is 11.7. The second-order valence-electron chi connectivity index (χ2n) is 18.0. The Morgan fingerprint density at radius 2 is 1.11 bits per heavy atom. The summed E-state index contributed by atoms with van der Waals surface area (Å²) in [6.07, 6.45) is -3.25. The molecule has 0 aliphatic carbocycles. The van der Waals surface area contributed by atoms with Gasteiger partial charge >= 0.3 is 17.9 Å². The Kier molecular flexibility index (Phi) is 25.8. The number of aliphatic carboxylic acids is 3. The molecule has 0 saturated carbocycles. The van der Waals surface area contributed by atoms with Crippen molar-refractivity contribution in [2.24, 2.45) is 23.1 Å². The Morgan fingerprint density at radius 3 is 1.61 bits per heavy atom. The average Bonchev–Trinajstić information content (AvgIpc) is 3.82. The molecule has 0 bridgehead atoms. The van der Waals surface area contributed by atoms with Crippen LogP contribution in [0, 0.1) is 5.92 Å². The predicted octanol–water partition coefficient (Wildman–Crippen LogP) is -4.40. The third-order valence-electron chi connectivity index (χ3n) is 11.4. The van der Waals surface area contributed by atoms with Crippen LogP contribution in [-0.4, -0.2) is 169 Å². The van der Waals surface area contributed by atoms with Crippen molar-refractivity contribution in [3.63, 3.8) is 0 Å². The quantitative estimate of drug-likeness (QED) is 0.0303. The number of hydrogen-bond donors (Lipinski definition) is 15. The van der Waals surface area contributed by atoms with Gasteiger partial charge in [-0.15, -0.1) is 0 Å². The molecule has 74 heavy (non-hydrogen) atoms. The summed E-state index contributed by atoms with van der Waals surface area (Å²) >= 11 is 4.12. The Bertz CT molecular complexity index is 2230. The largest absolute Gasteiger partial charge is 0.508 e. The van der Waals surface area contributed by atoms with Gasteiger partial charge in [-0.3, -0.25) is 57.5 Å². The van der Waals surface area contributed by atoms with Crippen LogP contribution in [0.3, 0.4) is 0 Å². The minimum Gasteiger partial charge on any atom is -0.508 e. The molecule has 10 amide bonds. The minimum absolute atomic E-state index is 0.0766. The number of carbonyl (C=O) groups is 13. The number of phenolic OH excluding ortho intramolecular Hbond substituents is 1. The predicted molar refractivity (Wildman–Crippen MR) is 261 cm³/mol. The second kappa shape index (κ2) is 30.5. The van der Waals surface area contributed by atoms with Gasteiger partial charge in [0.25, 0.3) is 0 Å². The summed E-state index contributed by atoms with van der Waals surface area (Å²) in [5.74, 6) is -14.7. The monoisotopic (exact) mass is 1070 g/mol. The fraction of sp³-hybridized carbons (Fsp3) is 0.578. The zero-order valence-corrected chi connectivity index (χ0v) is 41.9. The van der Waals surface area contributed by atoms with Gasteiger partial charge in [0.1, 0.15) is 54.1 Å². The molecule has 1 aliphatic heterocycles. The highest BCUT2D eigenvalue weighted by Crippen LogP contribution is 2.20. The molecule has 1 aliphatic rings. The zero-order valence-electron chi connectivity index (χ0n) is 41.0. The summed E-state index contributed by atoms with van der Waals surface area (Å²) in [7, 11) is 0. The van der Waals surface area contributed by atoms with Crippen molar-refractivity contribution in [2.45, 2.75) is 146 Å². The first kappa shape index (κ1) is 62.6. The number of phenols is 1. The van der Waals surface area contributed by atoms with Crippen molar-refractivity contribution in [2.75, 3.05) is 12.3 Å². The zero-order chi connectivity index (χ0) is 56.0. The van der Waals surface area contributed by atoms with E-state index < -0.39 is 176 Å². The molecular formula is C45H67N11O17S. The van der Waals surface area contributed by atoms with Gasteiger partial charge in [0.2, 0.25) is 59.1 Å². The fourth-order valence-corrected chi connectivity index (χ4v) is 7.67. The lowest BCUT2D eigenvalue weighted by Crippen LogP contribution is -2.60. The number of aromatic hydroxyl groups is 1. The van der Waals surface area contributed by atoms with Crippen LogP contribution in [0.25, 0.3) is 0 Å². The van der Waals surface area contributed by atoms with E-state index in [2.05, 4.69) is 49.8 Å². The number of likely N-dealkylation sites (tertiary alicyclic amines) is 1. The summed E-state index contributed by atoms with van der Waals surface area (Å²) in [6, 6.07) is -8.01. The summed E-state index contributed by atoms with van der Waals surface area (Å²) in [5, 5.41) is 54.4. The Morgan fingerprint density at radius 1 is 0.622 bits per heavy atom. The van der Waals surface area contributed by atoms with Crippen molar-refractivity contribution in [3.05, 3.63) is 29.8 Å². The molecule has 1 saturated heterocycles. The van der Waals surface area contributed by atoms with E-state index >= 15 is 0 Å². The lowest BCUT2D eigenvalue weighted by molar-refractivity contribution is -0.144. The lowest BCUT2D eigenvalue weighted by atomic mass is 10.0. The molecule has 1 fully saturated rings. The highest BCUT2D eigenvalue weighted by Gasteiger charge is 2.39. The van der Waals surface area contributed by atoms with Crippen LogP contribution in [0.5, 0.6) is 5.75 Å². The second-order valence-corrected chi connectivity index (χ2v) is 18.3. The van der Waals surface area contributed by atoms with E-state index in [9.17, 15) is 77.6 Å². The van der Waals surface area contributed by atoms with Crippen molar-refractivity contribution < 1.29 is 82.8 Å². The molecule has 28 nitrogen and oxygen atoms in total. The summed E-state index contributed by atoms with van der Waals surface area (Å²) < 4.78 is 0. The first-order valence-corrected chi connectivity index (χ1v) is 24.1. The number of nitrogens with one attached hydrogen (secondary N) is 7. The number of carboxylic acid groups (broad SMARTS) is 3. The molecule has 0 aromatic heterocycles. The molecule has 1 aromatic rings. The number of nitrogens with two attached hydrogens (primary N) is 3. The number of primary amides is 2. The van der Waals surface area contributed by atoms with E-state index in [1.54, 1.807) is 13.8 Å². The van der Waals surface area contributed by atoms with Crippen LogP contribution in [0.15, 0.2) is 24.3 Å². The number of hydrogen-bond acceptors (Lipinski definition) is 16. The molecule has 9 atom stereocenters. The standard InChI is InChI=1S/C45H67N11O17S/c1-21(2)17-28(52-41(68)29(19-36(62)63)53-43(70)32-5-4-16-56(32)44(71)25(46)10-15-35(60)61)40(67)49-22(3)37(64)50-26(11-13-33(47)58)39(66)55-31(20-74)42(69)51-27(12-14-34(48)59)38(65)54-30(45(72)73)18-23-6-8-24(57)9-7-23/h6-9,21-22,25-32,57,74H,4-5,10-20,46H2,1-3H3,(H2,47,58)(H2,48,59)(H,49,67)(H,50,64)(H,51,69)(H,52,68)(H,53,70)(H,54,65)(H,55,66)(H,60,61)(H,62,63)(H,72,73)/t22-,25-,26-,27-,28-,29-,30-,31-,32-/m0/s1. The molecular weight excluding hydrogens is 999 g/mol. The molecule has 0 unspecified atom stereocenters. The number of nitrogens with zero attached hydrogens (tertiary/aromatic N) is 1. The maximum atomic E-state index is 13.7. The number of thiol groups is 1.